The van der Waals surface area contributed by atoms with Crippen LogP contribution in [-0.4, -0.2) is 86.3 Å². The van der Waals surface area contributed by atoms with E-state index in [9.17, 15) is 9.59 Å². The molecule has 0 N–H and O–H groups in total. The highest BCUT2D eigenvalue weighted by Gasteiger charge is 2.18. The van der Waals surface area contributed by atoms with Crippen LogP contribution in [0.4, 0.5) is 9.59 Å². The standard InChI is InChI=1S/C21H42N2O6/c1-9-23(15-17-27-19(25)29-21(5,6)7)14-10-12-22(8)13-11-16-26-18(24)28-20(2,3)4/h9-17H2,1-8H3. The maximum absolute atomic E-state index is 11.6. The second kappa shape index (κ2) is 13.6. The molecule has 0 rings (SSSR count). The summed E-state index contributed by atoms with van der Waals surface area (Å²) in [4.78, 5) is 27.5. The second-order valence-corrected chi connectivity index (χ2v) is 9.07. The summed E-state index contributed by atoms with van der Waals surface area (Å²) < 4.78 is 20.4. The molecule has 0 bridgehead atoms. The van der Waals surface area contributed by atoms with Crippen LogP contribution in [0.2, 0.25) is 0 Å². The number of likely N-dealkylation sites (N-methyl/N-ethyl adjacent to an activating group) is 1. The van der Waals surface area contributed by atoms with Crippen molar-refractivity contribution in [2.24, 2.45) is 0 Å². The minimum Gasteiger partial charge on any atom is -0.434 e. The van der Waals surface area contributed by atoms with Crippen LogP contribution in [0, 0.1) is 0 Å². The molecule has 0 aromatic heterocycles. The number of rotatable bonds is 12. The molecule has 8 nitrogen and oxygen atoms in total. The van der Waals surface area contributed by atoms with E-state index in [-0.39, 0.29) is 0 Å². The Hall–Kier alpha value is -1.54. The lowest BCUT2D eigenvalue weighted by atomic mass is 10.2. The number of nitrogens with zero attached hydrogens (tertiary/aromatic N) is 2. The Morgan fingerprint density at radius 2 is 1.21 bits per heavy atom. The highest BCUT2D eigenvalue weighted by Crippen LogP contribution is 2.09. The molecule has 0 unspecified atom stereocenters. The van der Waals surface area contributed by atoms with Gasteiger partial charge in [-0.05, 0) is 81.1 Å². The molecule has 0 saturated heterocycles. The van der Waals surface area contributed by atoms with Gasteiger partial charge in [-0.15, -0.1) is 0 Å². The van der Waals surface area contributed by atoms with Gasteiger partial charge in [0.15, 0.2) is 0 Å². The van der Waals surface area contributed by atoms with Gasteiger partial charge in [0.25, 0.3) is 0 Å². The number of carbonyl (C=O) groups excluding carboxylic acids is 2. The van der Waals surface area contributed by atoms with Gasteiger partial charge in [0, 0.05) is 13.1 Å². The average Bonchev–Trinajstić information content (AvgIpc) is 2.54. The first-order valence-electron chi connectivity index (χ1n) is 10.4. The Labute approximate surface area is 176 Å². The number of ether oxygens (including phenoxy) is 4. The molecule has 29 heavy (non-hydrogen) atoms. The molecule has 8 heteroatoms. The van der Waals surface area contributed by atoms with Crippen LogP contribution in [0.1, 0.15) is 61.3 Å². The Kier molecular flexibility index (Phi) is 12.9. The highest BCUT2D eigenvalue weighted by atomic mass is 16.7. The fourth-order valence-electron chi connectivity index (χ4n) is 2.41. The molecule has 0 aliphatic carbocycles. The van der Waals surface area contributed by atoms with E-state index in [1.54, 1.807) is 0 Å². The van der Waals surface area contributed by atoms with Gasteiger partial charge >= 0.3 is 12.3 Å². The average molecular weight is 419 g/mol. The number of hydrogen-bond acceptors (Lipinski definition) is 8. The molecule has 0 saturated carbocycles. The van der Waals surface area contributed by atoms with Gasteiger partial charge in [-0.1, -0.05) is 6.92 Å². The van der Waals surface area contributed by atoms with Gasteiger partial charge in [0.1, 0.15) is 17.8 Å². The van der Waals surface area contributed by atoms with Crippen molar-refractivity contribution in [2.75, 3.05) is 53.0 Å². The molecule has 172 valence electrons. The molecule has 0 spiro atoms. The normalized spacial score (nSPS) is 12.2. The number of carbonyl (C=O) groups is 2. The minimum atomic E-state index is -0.623. The third kappa shape index (κ3) is 18.2. The lowest BCUT2D eigenvalue weighted by Crippen LogP contribution is -2.32. The fourth-order valence-corrected chi connectivity index (χ4v) is 2.41. The molecule has 0 aromatic rings. The largest absolute Gasteiger partial charge is 0.508 e. The molecule has 0 aliphatic rings. The van der Waals surface area contributed by atoms with Crippen LogP contribution in [0.5, 0.6) is 0 Å². The predicted octanol–water partition coefficient (Wildman–Crippen LogP) is 3.92. The lowest BCUT2D eigenvalue weighted by Gasteiger charge is -2.23. The summed E-state index contributed by atoms with van der Waals surface area (Å²) >= 11 is 0. The van der Waals surface area contributed by atoms with Crippen LogP contribution < -0.4 is 0 Å². The molecule has 0 atom stereocenters. The molecule has 0 radical (unpaired) electrons. The quantitative estimate of drug-likeness (QED) is 0.349. The summed E-state index contributed by atoms with van der Waals surface area (Å²) in [6.45, 7) is 17.9. The van der Waals surface area contributed by atoms with Crippen molar-refractivity contribution in [1.82, 2.24) is 9.80 Å². The van der Waals surface area contributed by atoms with Crippen LogP contribution in [-0.2, 0) is 18.9 Å². The van der Waals surface area contributed by atoms with Gasteiger partial charge in [-0.25, -0.2) is 9.59 Å². The Morgan fingerprint density at radius 3 is 1.69 bits per heavy atom. The molecule has 0 aliphatic heterocycles. The minimum absolute atomic E-state index is 0.320. The highest BCUT2D eigenvalue weighted by molar-refractivity contribution is 5.60. The maximum Gasteiger partial charge on any atom is 0.508 e. The Balaban J connectivity index is 3.83. The molecule has 0 fully saturated rings. The monoisotopic (exact) mass is 418 g/mol. The van der Waals surface area contributed by atoms with E-state index < -0.39 is 23.5 Å². The van der Waals surface area contributed by atoms with Crippen molar-refractivity contribution in [3.63, 3.8) is 0 Å². The van der Waals surface area contributed by atoms with E-state index in [0.717, 1.165) is 39.0 Å². The molecular weight excluding hydrogens is 376 g/mol. The van der Waals surface area contributed by atoms with Crippen LogP contribution >= 0.6 is 0 Å². The van der Waals surface area contributed by atoms with E-state index in [1.165, 1.54) is 0 Å². The van der Waals surface area contributed by atoms with Crippen LogP contribution in [0.3, 0.4) is 0 Å². The lowest BCUT2D eigenvalue weighted by molar-refractivity contribution is -0.0110. The Morgan fingerprint density at radius 1 is 0.724 bits per heavy atom. The predicted molar refractivity (Wildman–Crippen MR) is 113 cm³/mol. The van der Waals surface area contributed by atoms with Crippen molar-refractivity contribution in [2.45, 2.75) is 72.5 Å². The third-order valence-electron chi connectivity index (χ3n) is 3.77. The smallest absolute Gasteiger partial charge is 0.434 e. The number of hydrogen-bond donors (Lipinski definition) is 0. The molecular formula is C21H42N2O6. The molecule has 0 amide bonds. The topological polar surface area (TPSA) is 77.5 Å². The summed E-state index contributed by atoms with van der Waals surface area (Å²) in [6, 6.07) is 0. The van der Waals surface area contributed by atoms with E-state index in [0.29, 0.717) is 19.8 Å². The summed E-state index contributed by atoms with van der Waals surface area (Å²) in [5, 5.41) is 0. The zero-order chi connectivity index (χ0) is 22.5. The first-order chi connectivity index (χ1) is 13.3. The SMILES string of the molecule is CCN(CCCN(C)CCCOC(=O)OC(C)(C)C)CCOC(=O)OC(C)(C)C. The van der Waals surface area contributed by atoms with Crippen molar-refractivity contribution < 1.29 is 28.5 Å². The van der Waals surface area contributed by atoms with E-state index >= 15 is 0 Å². The summed E-state index contributed by atoms with van der Waals surface area (Å²) in [5.41, 5.74) is -1.07. The summed E-state index contributed by atoms with van der Waals surface area (Å²) in [5.74, 6) is 0. The van der Waals surface area contributed by atoms with Crippen molar-refractivity contribution in [3.05, 3.63) is 0 Å². The van der Waals surface area contributed by atoms with E-state index in [4.69, 9.17) is 18.9 Å². The molecule has 0 aromatic carbocycles. The van der Waals surface area contributed by atoms with E-state index in [1.807, 2.05) is 41.5 Å². The zero-order valence-electron chi connectivity index (χ0n) is 19.7. The summed E-state index contributed by atoms with van der Waals surface area (Å²) in [6.07, 6.45) is 0.523. The van der Waals surface area contributed by atoms with E-state index in [2.05, 4.69) is 23.8 Å². The zero-order valence-corrected chi connectivity index (χ0v) is 19.7. The summed E-state index contributed by atoms with van der Waals surface area (Å²) in [7, 11) is 2.05. The Bertz CT molecular complexity index is 471. The first kappa shape index (κ1) is 27.5. The van der Waals surface area contributed by atoms with Crippen LogP contribution in [0.25, 0.3) is 0 Å². The first-order valence-corrected chi connectivity index (χ1v) is 10.4. The van der Waals surface area contributed by atoms with Gasteiger partial charge in [-0.2, -0.15) is 0 Å². The van der Waals surface area contributed by atoms with Gasteiger partial charge in [-0.3, -0.25) is 0 Å². The van der Waals surface area contributed by atoms with Crippen molar-refractivity contribution in [3.8, 4) is 0 Å². The van der Waals surface area contributed by atoms with Crippen LogP contribution in [0.15, 0.2) is 0 Å². The third-order valence-corrected chi connectivity index (χ3v) is 3.77. The maximum atomic E-state index is 11.6. The van der Waals surface area contributed by atoms with Crippen molar-refractivity contribution >= 4 is 12.3 Å². The van der Waals surface area contributed by atoms with Crippen molar-refractivity contribution in [1.29, 1.82) is 0 Å². The van der Waals surface area contributed by atoms with Gasteiger partial charge in [0.2, 0.25) is 0 Å². The van der Waals surface area contributed by atoms with Gasteiger partial charge < -0.3 is 28.7 Å². The van der Waals surface area contributed by atoms with Gasteiger partial charge in [0.05, 0.1) is 6.61 Å². The molecule has 0 heterocycles. The fraction of sp³-hybridized carbons (Fsp3) is 0.905. The second-order valence-electron chi connectivity index (χ2n) is 9.07.